The van der Waals surface area contributed by atoms with E-state index in [1.54, 1.807) is 18.2 Å². The van der Waals surface area contributed by atoms with Crippen molar-refractivity contribution in [2.45, 2.75) is 18.9 Å². The van der Waals surface area contributed by atoms with E-state index in [1.807, 2.05) is 4.90 Å². The van der Waals surface area contributed by atoms with Crippen molar-refractivity contribution >= 4 is 29.0 Å². The average molecular weight is 398 g/mol. The van der Waals surface area contributed by atoms with E-state index in [4.69, 9.17) is 9.47 Å². The first-order valence-corrected chi connectivity index (χ1v) is 9.23. The van der Waals surface area contributed by atoms with Gasteiger partial charge in [-0.2, -0.15) is 0 Å². The van der Waals surface area contributed by atoms with Gasteiger partial charge in [-0.1, -0.05) is 0 Å². The van der Waals surface area contributed by atoms with E-state index in [0.717, 1.165) is 31.1 Å². The normalized spacial score (nSPS) is 17.2. The number of amides is 1. The summed E-state index contributed by atoms with van der Waals surface area (Å²) in [7, 11) is 1.33. The zero-order chi connectivity index (χ0) is 20.5. The van der Waals surface area contributed by atoms with Crippen LogP contribution in [0.3, 0.4) is 0 Å². The van der Waals surface area contributed by atoms with E-state index < -0.39 is 24.2 Å². The lowest BCUT2D eigenvalue weighted by Gasteiger charge is -2.33. The number of ether oxygens (including phenoxy) is 2. The molecule has 0 saturated carbocycles. The van der Waals surface area contributed by atoms with E-state index in [0.29, 0.717) is 5.69 Å². The Bertz CT molecular complexity index is 1010. The van der Waals surface area contributed by atoms with Gasteiger partial charge in [0, 0.05) is 12.1 Å². The second-order valence-electron chi connectivity index (χ2n) is 6.92. The highest BCUT2D eigenvalue weighted by Crippen LogP contribution is 2.37. The smallest absolute Gasteiger partial charge is 0.338 e. The third kappa shape index (κ3) is 3.53. The summed E-state index contributed by atoms with van der Waals surface area (Å²) in [6.45, 7) is 0.268. The molecule has 1 fully saturated rings. The number of halogens is 1. The van der Waals surface area contributed by atoms with Crippen molar-refractivity contribution < 1.29 is 28.2 Å². The molecular formula is C21H19FN2O5. The lowest BCUT2D eigenvalue weighted by atomic mass is 10.1. The number of nitrogens with zero attached hydrogens (tertiary/aromatic N) is 1. The van der Waals surface area contributed by atoms with Crippen molar-refractivity contribution in [3.8, 4) is 5.75 Å². The first kappa shape index (κ1) is 18.9. The summed E-state index contributed by atoms with van der Waals surface area (Å²) in [5.74, 6) is -1.97. The third-order valence-corrected chi connectivity index (χ3v) is 5.16. The molecule has 2 aliphatic heterocycles. The molecule has 2 heterocycles. The molecule has 29 heavy (non-hydrogen) atoms. The van der Waals surface area contributed by atoms with Crippen LogP contribution < -0.4 is 15.0 Å². The second kappa shape index (κ2) is 7.54. The van der Waals surface area contributed by atoms with Gasteiger partial charge in [-0.3, -0.25) is 9.59 Å². The Morgan fingerprint density at radius 1 is 1.21 bits per heavy atom. The molecule has 4 rings (SSSR count). The van der Waals surface area contributed by atoms with Crippen LogP contribution in [0.25, 0.3) is 0 Å². The standard InChI is InChI=1S/C21H19FN2O5/c1-28-19-7-5-12(9-14(19)22)18(25)11-29-21(27)13-4-6-16-15(10-13)23-20(26)17-3-2-8-24(16)17/h4-7,9-10,17H,2-3,8,11H2,1H3,(H,23,26)/t17-/m1/s1. The van der Waals surface area contributed by atoms with Gasteiger partial charge in [-0.05, 0) is 49.2 Å². The van der Waals surface area contributed by atoms with E-state index >= 15 is 0 Å². The van der Waals surface area contributed by atoms with E-state index in [2.05, 4.69) is 5.32 Å². The maximum atomic E-state index is 13.7. The summed E-state index contributed by atoms with van der Waals surface area (Å²) in [4.78, 5) is 38.8. The highest BCUT2D eigenvalue weighted by molar-refractivity contribution is 6.06. The predicted octanol–water partition coefficient (Wildman–Crippen LogP) is 2.79. The molecule has 0 radical (unpaired) electrons. The Hall–Kier alpha value is -3.42. The van der Waals surface area contributed by atoms with E-state index in [1.165, 1.54) is 19.2 Å². The Labute approximate surface area is 166 Å². The Morgan fingerprint density at radius 3 is 2.76 bits per heavy atom. The highest BCUT2D eigenvalue weighted by atomic mass is 19.1. The fourth-order valence-electron chi connectivity index (χ4n) is 3.69. The maximum Gasteiger partial charge on any atom is 0.338 e. The highest BCUT2D eigenvalue weighted by Gasteiger charge is 2.36. The number of Topliss-reactive ketones (excluding diaryl/α,β-unsaturated/α-hetero) is 1. The zero-order valence-electron chi connectivity index (χ0n) is 15.7. The first-order valence-electron chi connectivity index (χ1n) is 9.23. The van der Waals surface area contributed by atoms with Gasteiger partial charge in [-0.15, -0.1) is 0 Å². The molecule has 150 valence electrons. The van der Waals surface area contributed by atoms with Crippen LogP contribution in [-0.2, 0) is 9.53 Å². The molecule has 1 atom stereocenters. The van der Waals surface area contributed by atoms with Crippen LogP contribution in [0, 0.1) is 5.82 Å². The van der Waals surface area contributed by atoms with Crippen molar-refractivity contribution in [3.63, 3.8) is 0 Å². The Balaban J connectivity index is 1.44. The SMILES string of the molecule is COc1ccc(C(=O)COC(=O)c2ccc3c(c2)NC(=O)[C@H]2CCCN32)cc1F. The van der Waals surface area contributed by atoms with Gasteiger partial charge in [0.05, 0.1) is 24.0 Å². The predicted molar refractivity (Wildman–Crippen MR) is 103 cm³/mol. The second-order valence-corrected chi connectivity index (χ2v) is 6.92. The molecule has 2 aromatic carbocycles. The van der Waals surface area contributed by atoms with Crippen molar-refractivity contribution in [1.29, 1.82) is 0 Å². The molecule has 2 aliphatic rings. The molecule has 0 spiro atoms. The summed E-state index contributed by atoms with van der Waals surface area (Å²) in [5, 5.41) is 2.83. The van der Waals surface area contributed by atoms with Crippen LogP contribution in [0.4, 0.5) is 15.8 Å². The fourth-order valence-corrected chi connectivity index (χ4v) is 3.69. The van der Waals surface area contributed by atoms with Crippen molar-refractivity contribution in [2.24, 2.45) is 0 Å². The number of anilines is 2. The number of nitrogens with one attached hydrogen (secondary N) is 1. The number of benzene rings is 2. The monoisotopic (exact) mass is 398 g/mol. The zero-order valence-corrected chi connectivity index (χ0v) is 15.7. The molecular weight excluding hydrogens is 379 g/mol. The fraction of sp³-hybridized carbons (Fsp3) is 0.286. The molecule has 0 bridgehead atoms. The van der Waals surface area contributed by atoms with Crippen LogP contribution in [0.5, 0.6) is 5.75 Å². The van der Waals surface area contributed by atoms with Crippen molar-refractivity contribution in [2.75, 3.05) is 30.5 Å². The van der Waals surface area contributed by atoms with Gasteiger partial charge < -0.3 is 19.7 Å². The number of methoxy groups -OCH3 is 1. The van der Waals surface area contributed by atoms with Gasteiger partial charge in [0.2, 0.25) is 5.91 Å². The number of rotatable bonds is 5. The molecule has 1 saturated heterocycles. The lowest BCUT2D eigenvalue weighted by Crippen LogP contribution is -2.43. The van der Waals surface area contributed by atoms with E-state index in [9.17, 15) is 18.8 Å². The Kier molecular flexibility index (Phi) is 4.92. The number of fused-ring (bicyclic) bond motifs is 3. The van der Waals surface area contributed by atoms with Crippen LogP contribution in [0.1, 0.15) is 33.6 Å². The minimum atomic E-state index is -0.701. The molecule has 1 N–H and O–H groups in total. The lowest BCUT2D eigenvalue weighted by molar-refractivity contribution is -0.117. The molecule has 0 unspecified atom stereocenters. The minimum Gasteiger partial charge on any atom is -0.494 e. The molecule has 8 heteroatoms. The molecule has 2 aromatic rings. The number of ketones is 1. The first-order chi connectivity index (χ1) is 14.0. The summed E-state index contributed by atoms with van der Waals surface area (Å²) in [6, 6.07) is 8.53. The number of carbonyl (C=O) groups is 3. The van der Waals surface area contributed by atoms with Gasteiger partial charge in [0.1, 0.15) is 6.04 Å². The number of carbonyl (C=O) groups excluding carboxylic acids is 3. The summed E-state index contributed by atoms with van der Waals surface area (Å²) >= 11 is 0. The van der Waals surface area contributed by atoms with Gasteiger partial charge >= 0.3 is 5.97 Å². The summed E-state index contributed by atoms with van der Waals surface area (Å²) < 4.78 is 23.6. The molecule has 0 aliphatic carbocycles. The largest absolute Gasteiger partial charge is 0.494 e. The molecule has 0 aromatic heterocycles. The van der Waals surface area contributed by atoms with Crippen molar-refractivity contribution in [3.05, 3.63) is 53.3 Å². The van der Waals surface area contributed by atoms with Crippen molar-refractivity contribution in [1.82, 2.24) is 0 Å². The average Bonchev–Trinajstić information content (AvgIpc) is 3.22. The number of esters is 1. The van der Waals surface area contributed by atoms with Crippen LogP contribution in [0.2, 0.25) is 0 Å². The number of hydrogen-bond acceptors (Lipinski definition) is 6. The van der Waals surface area contributed by atoms with E-state index in [-0.39, 0.29) is 28.8 Å². The topological polar surface area (TPSA) is 84.9 Å². The Morgan fingerprint density at radius 2 is 2.00 bits per heavy atom. The maximum absolute atomic E-state index is 13.7. The minimum absolute atomic E-state index is 0.0230. The van der Waals surface area contributed by atoms with Gasteiger partial charge in [-0.25, -0.2) is 9.18 Å². The third-order valence-electron chi connectivity index (χ3n) is 5.16. The molecule has 7 nitrogen and oxygen atoms in total. The van der Waals surface area contributed by atoms with Gasteiger partial charge in [0.25, 0.3) is 0 Å². The van der Waals surface area contributed by atoms with Crippen LogP contribution in [-0.4, -0.2) is 44.0 Å². The summed E-state index contributed by atoms with van der Waals surface area (Å²) in [5.41, 5.74) is 1.71. The van der Waals surface area contributed by atoms with Crippen LogP contribution >= 0.6 is 0 Å². The van der Waals surface area contributed by atoms with Gasteiger partial charge in [0.15, 0.2) is 24.0 Å². The van der Waals surface area contributed by atoms with Crippen LogP contribution in [0.15, 0.2) is 36.4 Å². The quantitative estimate of drug-likeness (QED) is 0.616. The number of hydrogen-bond donors (Lipinski definition) is 1. The molecule has 1 amide bonds. The summed E-state index contributed by atoms with van der Waals surface area (Å²) in [6.07, 6.45) is 1.75.